The Morgan fingerprint density at radius 3 is 2.49 bits per heavy atom. The highest BCUT2D eigenvalue weighted by Crippen LogP contribution is 2.64. The van der Waals surface area contributed by atoms with Crippen LogP contribution in [0, 0.1) is 22.7 Å². The molecule has 9 rings (SSSR count). The molecule has 3 atom stereocenters. The van der Waals surface area contributed by atoms with E-state index in [-0.39, 0.29) is 11.8 Å². The fourth-order valence-corrected chi connectivity index (χ4v) is 8.94. The van der Waals surface area contributed by atoms with Crippen LogP contribution < -0.4 is 4.74 Å². The molecule has 1 spiro atoms. The summed E-state index contributed by atoms with van der Waals surface area (Å²) < 4.78 is 6.67. The molecule has 5 aromatic rings. The van der Waals surface area contributed by atoms with Crippen LogP contribution in [0.15, 0.2) is 154 Å². The highest BCUT2D eigenvalue weighted by atomic mass is 32.2. The van der Waals surface area contributed by atoms with E-state index in [0.29, 0.717) is 11.3 Å². The van der Waals surface area contributed by atoms with Gasteiger partial charge in [0.15, 0.2) is 0 Å². The first-order chi connectivity index (χ1) is 23.2. The molecule has 47 heavy (non-hydrogen) atoms. The van der Waals surface area contributed by atoms with Gasteiger partial charge in [-0.2, -0.15) is 5.26 Å². The second kappa shape index (κ2) is 10.7. The standard InChI is InChI=1S/C42H27N3OS/c43-24-26-10-9-11-27(22-26)25-45-40(41-39(44)31-14-3-8-19-38(31)47-41)28-20-21-37-35(23-28)42(34-17-6-7-18-36(34)46-37)32-15-4-1-12-29(32)30-13-2-5-16-33(30)42/h1-23,25,29,32,44H/b41-40+,44-39?,45-25+. The van der Waals surface area contributed by atoms with Gasteiger partial charge in [-0.1, -0.05) is 109 Å². The number of nitrogens with zero attached hydrogens (tertiary/aromatic N) is 2. The molecule has 4 aliphatic rings. The van der Waals surface area contributed by atoms with Crippen molar-refractivity contribution in [1.29, 1.82) is 10.7 Å². The molecule has 222 valence electrons. The van der Waals surface area contributed by atoms with Crippen molar-refractivity contribution in [2.75, 3.05) is 0 Å². The molecule has 0 fully saturated rings. The van der Waals surface area contributed by atoms with E-state index in [4.69, 9.17) is 9.73 Å². The Morgan fingerprint density at radius 2 is 1.60 bits per heavy atom. The molecule has 3 unspecified atom stereocenters. The number of hydrogen-bond acceptors (Lipinski definition) is 5. The van der Waals surface area contributed by atoms with Gasteiger partial charge in [-0.15, -0.1) is 0 Å². The lowest BCUT2D eigenvalue weighted by Gasteiger charge is -2.43. The van der Waals surface area contributed by atoms with Crippen molar-refractivity contribution in [3.8, 4) is 17.6 Å². The minimum atomic E-state index is -0.484. The molecule has 0 bridgehead atoms. The maximum Gasteiger partial charge on any atom is 0.131 e. The molecule has 5 heteroatoms. The molecular weight excluding hydrogens is 595 g/mol. The van der Waals surface area contributed by atoms with Crippen molar-refractivity contribution in [1.82, 2.24) is 0 Å². The van der Waals surface area contributed by atoms with Gasteiger partial charge in [-0.3, -0.25) is 10.4 Å². The minimum absolute atomic E-state index is 0.153. The van der Waals surface area contributed by atoms with Crippen LogP contribution in [0.3, 0.4) is 0 Å². The fourth-order valence-electron chi connectivity index (χ4n) is 7.82. The second-order valence-corrected chi connectivity index (χ2v) is 13.2. The lowest BCUT2D eigenvalue weighted by Crippen LogP contribution is -2.37. The molecular formula is C42H27N3OS. The van der Waals surface area contributed by atoms with E-state index in [1.807, 2.05) is 42.5 Å². The van der Waals surface area contributed by atoms with Crippen molar-refractivity contribution in [2.45, 2.75) is 16.2 Å². The lowest BCUT2D eigenvalue weighted by molar-refractivity contribution is 0.374. The first kappa shape index (κ1) is 27.6. The zero-order valence-electron chi connectivity index (χ0n) is 25.2. The summed E-state index contributed by atoms with van der Waals surface area (Å²) in [5.41, 5.74) is 8.81. The van der Waals surface area contributed by atoms with Crippen molar-refractivity contribution >= 4 is 29.4 Å². The topological polar surface area (TPSA) is 69.2 Å². The Kier molecular flexibility index (Phi) is 6.28. The van der Waals surface area contributed by atoms with E-state index in [0.717, 1.165) is 54.8 Å². The lowest BCUT2D eigenvalue weighted by atomic mass is 9.61. The van der Waals surface area contributed by atoms with Crippen LogP contribution in [-0.4, -0.2) is 11.9 Å². The minimum Gasteiger partial charge on any atom is -0.457 e. The summed E-state index contributed by atoms with van der Waals surface area (Å²) in [6.45, 7) is 0. The molecule has 5 aromatic carbocycles. The number of ether oxygens (including phenoxy) is 1. The van der Waals surface area contributed by atoms with E-state index in [1.165, 1.54) is 11.1 Å². The summed E-state index contributed by atoms with van der Waals surface area (Å²) in [4.78, 5) is 6.95. The number of rotatable bonds is 3. The molecule has 0 aromatic heterocycles. The van der Waals surface area contributed by atoms with E-state index >= 15 is 0 Å². The summed E-state index contributed by atoms with van der Waals surface area (Å²) in [6, 6.07) is 41.4. The van der Waals surface area contributed by atoms with Gasteiger partial charge in [0.1, 0.15) is 11.5 Å². The number of para-hydroxylation sites is 1. The van der Waals surface area contributed by atoms with Gasteiger partial charge < -0.3 is 4.74 Å². The Bertz CT molecular complexity index is 2320. The average Bonchev–Trinajstić information content (AvgIpc) is 3.61. The number of nitrogens with one attached hydrogen (secondary N) is 1. The highest BCUT2D eigenvalue weighted by molar-refractivity contribution is 8.05. The highest BCUT2D eigenvalue weighted by Gasteiger charge is 2.56. The molecule has 2 aliphatic carbocycles. The van der Waals surface area contributed by atoms with Gasteiger partial charge in [-0.05, 0) is 59.2 Å². The van der Waals surface area contributed by atoms with E-state index < -0.39 is 5.41 Å². The molecule has 0 saturated carbocycles. The molecule has 1 N–H and O–H groups in total. The van der Waals surface area contributed by atoms with Crippen LogP contribution in [0.4, 0.5) is 0 Å². The Balaban J connectivity index is 1.29. The third kappa shape index (κ3) is 4.08. The van der Waals surface area contributed by atoms with Crippen LogP contribution in [0.5, 0.6) is 11.5 Å². The normalized spacial score (nSPS) is 22.2. The number of aliphatic imine (C=N–C) groups is 1. The molecule has 0 radical (unpaired) electrons. The van der Waals surface area contributed by atoms with Crippen molar-refractivity contribution < 1.29 is 4.74 Å². The summed E-state index contributed by atoms with van der Waals surface area (Å²) in [7, 11) is 0. The predicted molar refractivity (Wildman–Crippen MR) is 189 cm³/mol. The summed E-state index contributed by atoms with van der Waals surface area (Å²) in [5.74, 6) is 2.10. The van der Waals surface area contributed by atoms with Crippen LogP contribution in [0.25, 0.3) is 5.70 Å². The van der Waals surface area contributed by atoms with Crippen LogP contribution in [0.1, 0.15) is 50.4 Å². The van der Waals surface area contributed by atoms with Gasteiger partial charge in [-0.25, -0.2) is 0 Å². The Labute approximate surface area is 277 Å². The molecule has 2 aliphatic heterocycles. The SMILES string of the molecule is N#Cc1cccc(/C=N/C(=C2/Sc3ccccc3C2=N)c2ccc3c(c2)C2(c4ccccc4O3)c3ccccc3C3C=CC=CC32)c1. The zero-order chi connectivity index (χ0) is 31.5. The van der Waals surface area contributed by atoms with E-state index in [2.05, 4.69) is 97.1 Å². The Hall–Kier alpha value is -5.70. The fraction of sp³-hybridized carbons (Fsp3) is 0.0714. The quantitative estimate of drug-likeness (QED) is 0.204. The second-order valence-electron chi connectivity index (χ2n) is 12.2. The van der Waals surface area contributed by atoms with Crippen LogP contribution in [-0.2, 0) is 5.41 Å². The van der Waals surface area contributed by atoms with Crippen molar-refractivity contribution in [3.63, 3.8) is 0 Å². The first-order valence-corrected chi connectivity index (χ1v) is 16.5. The number of thioether (sulfide) groups is 1. The average molecular weight is 622 g/mol. The number of nitriles is 1. The van der Waals surface area contributed by atoms with Gasteiger partial charge in [0.2, 0.25) is 0 Å². The predicted octanol–water partition coefficient (Wildman–Crippen LogP) is 9.80. The monoisotopic (exact) mass is 621 g/mol. The number of benzene rings is 5. The smallest absolute Gasteiger partial charge is 0.131 e. The van der Waals surface area contributed by atoms with Crippen LogP contribution in [0.2, 0.25) is 0 Å². The molecule has 0 saturated heterocycles. The zero-order valence-corrected chi connectivity index (χ0v) is 26.0. The van der Waals surface area contributed by atoms with E-state index in [9.17, 15) is 10.7 Å². The molecule has 4 nitrogen and oxygen atoms in total. The first-order valence-electron chi connectivity index (χ1n) is 15.7. The number of fused-ring (bicyclic) bond motifs is 10. The van der Waals surface area contributed by atoms with E-state index in [1.54, 1.807) is 24.0 Å². The largest absolute Gasteiger partial charge is 0.457 e. The van der Waals surface area contributed by atoms with Crippen molar-refractivity contribution in [2.24, 2.45) is 10.9 Å². The van der Waals surface area contributed by atoms with Gasteiger partial charge in [0.05, 0.1) is 33.4 Å². The summed E-state index contributed by atoms with van der Waals surface area (Å²) in [6.07, 6.45) is 10.8. The Morgan fingerprint density at radius 1 is 0.809 bits per heavy atom. The van der Waals surface area contributed by atoms with Gasteiger partial charge in [0.25, 0.3) is 0 Å². The molecule has 2 heterocycles. The summed E-state index contributed by atoms with van der Waals surface area (Å²) in [5, 5.41) is 18.7. The maximum atomic E-state index is 9.50. The van der Waals surface area contributed by atoms with Gasteiger partial charge in [0, 0.05) is 45.2 Å². The third-order valence-corrected chi connectivity index (χ3v) is 10.9. The van der Waals surface area contributed by atoms with Gasteiger partial charge >= 0.3 is 0 Å². The molecule has 0 amide bonds. The number of allylic oxidation sites excluding steroid dienone is 5. The third-order valence-electron chi connectivity index (χ3n) is 9.76. The van der Waals surface area contributed by atoms with Crippen LogP contribution >= 0.6 is 11.8 Å². The number of hydrogen-bond donors (Lipinski definition) is 1. The summed E-state index contributed by atoms with van der Waals surface area (Å²) >= 11 is 1.58. The van der Waals surface area contributed by atoms with Crippen molar-refractivity contribution in [3.05, 3.63) is 189 Å². The maximum absolute atomic E-state index is 9.50.